The Hall–Kier alpha value is -1.99. The molecule has 112 valence electrons. The highest BCUT2D eigenvalue weighted by molar-refractivity contribution is 7.89. The van der Waals surface area contributed by atoms with Crippen LogP contribution in [0, 0.1) is 11.6 Å². The topological polar surface area (TPSA) is 72.2 Å². The third-order valence-corrected chi connectivity index (χ3v) is 4.42. The Morgan fingerprint density at radius 3 is 2.52 bits per heavy atom. The molecule has 2 rings (SSSR count). The van der Waals surface area contributed by atoms with Gasteiger partial charge in [-0.15, -0.1) is 0 Å². The maximum Gasteiger partial charge on any atom is 0.242 e. The van der Waals surface area contributed by atoms with Crippen molar-refractivity contribution in [3.8, 4) is 0 Å². The number of halogens is 2. The molecular formula is C14H14F2N2O2S. The molecule has 0 aromatic heterocycles. The molecule has 21 heavy (non-hydrogen) atoms. The number of rotatable bonds is 5. The summed E-state index contributed by atoms with van der Waals surface area (Å²) in [5.74, 6) is -1.17. The Labute approximate surface area is 121 Å². The molecule has 0 radical (unpaired) electrons. The van der Waals surface area contributed by atoms with E-state index in [0.717, 1.165) is 6.07 Å². The van der Waals surface area contributed by atoms with Crippen LogP contribution >= 0.6 is 0 Å². The summed E-state index contributed by atoms with van der Waals surface area (Å²) in [5.41, 5.74) is 5.66. The van der Waals surface area contributed by atoms with Gasteiger partial charge >= 0.3 is 0 Å². The van der Waals surface area contributed by atoms with Crippen molar-refractivity contribution in [1.82, 2.24) is 4.72 Å². The monoisotopic (exact) mass is 312 g/mol. The summed E-state index contributed by atoms with van der Waals surface area (Å²) in [5, 5.41) is 0. The van der Waals surface area contributed by atoms with E-state index in [1.54, 1.807) is 12.1 Å². The lowest BCUT2D eigenvalue weighted by molar-refractivity contribution is 0.579. The fourth-order valence-electron chi connectivity index (χ4n) is 1.85. The average Bonchev–Trinajstić information content (AvgIpc) is 2.41. The lowest BCUT2D eigenvalue weighted by Gasteiger charge is -2.09. The van der Waals surface area contributed by atoms with Crippen LogP contribution < -0.4 is 10.5 Å². The van der Waals surface area contributed by atoms with E-state index in [9.17, 15) is 17.2 Å². The van der Waals surface area contributed by atoms with Gasteiger partial charge in [-0.2, -0.15) is 0 Å². The SMILES string of the molecule is Nc1c(F)cccc1S(=O)(=O)NCCc1cccc(F)c1. The highest BCUT2D eigenvalue weighted by Gasteiger charge is 2.18. The molecule has 0 heterocycles. The number of hydrogen-bond donors (Lipinski definition) is 2. The van der Waals surface area contributed by atoms with E-state index in [0.29, 0.717) is 12.0 Å². The zero-order valence-electron chi connectivity index (χ0n) is 11.0. The van der Waals surface area contributed by atoms with Crippen LogP contribution in [0.1, 0.15) is 5.56 Å². The minimum absolute atomic E-state index is 0.0573. The second-order valence-corrected chi connectivity index (χ2v) is 6.16. The minimum Gasteiger partial charge on any atom is -0.395 e. The molecular weight excluding hydrogens is 298 g/mol. The van der Waals surface area contributed by atoms with E-state index < -0.39 is 21.5 Å². The van der Waals surface area contributed by atoms with Crippen LogP contribution in [-0.2, 0) is 16.4 Å². The quantitative estimate of drug-likeness (QED) is 0.830. The number of anilines is 1. The molecule has 0 atom stereocenters. The normalized spacial score (nSPS) is 11.5. The van der Waals surface area contributed by atoms with Gasteiger partial charge in [-0.05, 0) is 36.2 Å². The number of para-hydroxylation sites is 1. The zero-order valence-corrected chi connectivity index (χ0v) is 11.8. The Morgan fingerprint density at radius 1 is 1.10 bits per heavy atom. The number of nitrogens with two attached hydrogens (primary N) is 1. The minimum atomic E-state index is -3.90. The number of nitrogen functional groups attached to an aromatic ring is 1. The second-order valence-electron chi connectivity index (χ2n) is 4.43. The van der Waals surface area contributed by atoms with Crippen LogP contribution in [0.4, 0.5) is 14.5 Å². The summed E-state index contributed by atoms with van der Waals surface area (Å²) < 4.78 is 52.7. The molecule has 3 N–H and O–H groups in total. The van der Waals surface area contributed by atoms with E-state index in [2.05, 4.69) is 4.72 Å². The molecule has 0 spiro atoms. The van der Waals surface area contributed by atoms with E-state index in [1.807, 2.05) is 0 Å². The third-order valence-electron chi connectivity index (χ3n) is 2.90. The van der Waals surface area contributed by atoms with Crippen molar-refractivity contribution in [3.63, 3.8) is 0 Å². The van der Waals surface area contributed by atoms with Gasteiger partial charge in [-0.3, -0.25) is 0 Å². The molecule has 2 aromatic rings. The van der Waals surface area contributed by atoms with Gasteiger partial charge in [0, 0.05) is 6.54 Å². The highest BCUT2D eigenvalue weighted by Crippen LogP contribution is 2.20. The first-order valence-electron chi connectivity index (χ1n) is 6.18. The van der Waals surface area contributed by atoms with Crippen LogP contribution in [0.5, 0.6) is 0 Å². The van der Waals surface area contributed by atoms with Crippen LogP contribution in [0.15, 0.2) is 47.4 Å². The van der Waals surface area contributed by atoms with Gasteiger partial charge in [0.1, 0.15) is 16.5 Å². The van der Waals surface area contributed by atoms with Crippen molar-refractivity contribution < 1.29 is 17.2 Å². The van der Waals surface area contributed by atoms with Crippen molar-refractivity contribution in [2.45, 2.75) is 11.3 Å². The van der Waals surface area contributed by atoms with Crippen LogP contribution in [0.3, 0.4) is 0 Å². The molecule has 4 nitrogen and oxygen atoms in total. The highest BCUT2D eigenvalue weighted by atomic mass is 32.2. The van der Waals surface area contributed by atoms with Crippen molar-refractivity contribution >= 4 is 15.7 Å². The number of benzene rings is 2. The maximum atomic E-state index is 13.3. The van der Waals surface area contributed by atoms with Crippen molar-refractivity contribution in [2.24, 2.45) is 0 Å². The second kappa shape index (κ2) is 6.19. The Morgan fingerprint density at radius 2 is 1.81 bits per heavy atom. The number of hydrogen-bond acceptors (Lipinski definition) is 3. The summed E-state index contributed by atoms with van der Waals surface area (Å²) >= 11 is 0. The molecule has 0 amide bonds. The van der Waals surface area contributed by atoms with Crippen molar-refractivity contribution in [1.29, 1.82) is 0 Å². The summed E-state index contributed by atoms with van der Waals surface area (Å²) in [7, 11) is -3.90. The third kappa shape index (κ3) is 3.77. The molecule has 7 heteroatoms. The molecule has 0 fully saturated rings. The summed E-state index contributed by atoms with van der Waals surface area (Å²) in [4.78, 5) is -0.304. The predicted octanol–water partition coefficient (Wildman–Crippen LogP) is 2.07. The van der Waals surface area contributed by atoms with Gasteiger partial charge < -0.3 is 5.73 Å². The van der Waals surface area contributed by atoms with Crippen LogP contribution in [-0.4, -0.2) is 15.0 Å². The molecule has 0 unspecified atom stereocenters. The average molecular weight is 312 g/mol. The number of sulfonamides is 1. The molecule has 0 aliphatic rings. The molecule has 0 saturated carbocycles. The first-order valence-corrected chi connectivity index (χ1v) is 7.66. The Kier molecular flexibility index (Phi) is 4.54. The standard InChI is InChI=1S/C14H14F2N2O2S/c15-11-4-1-3-10(9-11)7-8-18-21(19,20)13-6-2-5-12(16)14(13)17/h1-6,9,18H,7-8,17H2. The van der Waals surface area contributed by atoms with Gasteiger partial charge in [0.15, 0.2) is 0 Å². The first kappa shape index (κ1) is 15.4. The fourth-order valence-corrected chi connectivity index (χ4v) is 3.02. The molecule has 0 aliphatic heterocycles. The lowest BCUT2D eigenvalue weighted by atomic mass is 10.1. The molecule has 2 aromatic carbocycles. The van der Waals surface area contributed by atoms with Gasteiger partial charge in [0.05, 0.1) is 5.69 Å². The summed E-state index contributed by atoms with van der Waals surface area (Å²) in [6, 6.07) is 9.44. The first-order chi connectivity index (χ1) is 9.90. The predicted molar refractivity (Wildman–Crippen MR) is 76.1 cm³/mol. The van der Waals surface area contributed by atoms with Gasteiger partial charge in [0.2, 0.25) is 10.0 Å². The summed E-state index contributed by atoms with van der Waals surface area (Å²) in [6.07, 6.45) is 0.312. The van der Waals surface area contributed by atoms with E-state index in [4.69, 9.17) is 5.73 Å². The lowest BCUT2D eigenvalue weighted by Crippen LogP contribution is -2.27. The summed E-state index contributed by atoms with van der Waals surface area (Å²) in [6.45, 7) is 0.0573. The molecule has 0 bridgehead atoms. The largest absolute Gasteiger partial charge is 0.395 e. The van der Waals surface area contributed by atoms with Gasteiger partial charge in [-0.25, -0.2) is 21.9 Å². The Balaban J connectivity index is 2.07. The van der Waals surface area contributed by atoms with Gasteiger partial charge in [-0.1, -0.05) is 18.2 Å². The number of nitrogens with one attached hydrogen (secondary N) is 1. The van der Waals surface area contributed by atoms with Crippen molar-refractivity contribution in [3.05, 3.63) is 59.7 Å². The van der Waals surface area contributed by atoms with Crippen LogP contribution in [0.2, 0.25) is 0 Å². The molecule has 0 aliphatic carbocycles. The maximum absolute atomic E-state index is 13.3. The molecule has 0 saturated heterocycles. The smallest absolute Gasteiger partial charge is 0.242 e. The van der Waals surface area contributed by atoms with E-state index in [1.165, 1.54) is 24.3 Å². The van der Waals surface area contributed by atoms with E-state index >= 15 is 0 Å². The van der Waals surface area contributed by atoms with Crippen molar-refractivity contribution in [2.75, 3.05) is 12.3 Å². The zero-order chi connectivity index (χ0) is 15.5. The Bertz CT molecular complexity index is 748. The fraction of sp³-hybridized carbons (Fsp3) is 0.143. The van der Waals surface area contributed by atoms with E-state index in [-0.39, 0.29) is 17.3 Å². The van der Waals surface area contributed by atoms with Crippen LogP contribution in [0.25, 0.3) is 0 Å². The van der Waals surface area contributed by atoms with Gasteiger partial charge in [0.25, 0.3) is 0 Å².